The molecule has 0 N–H and O–H groups in total. The third kappa shape index (κ3) is 3.26. The second kappa shape index (κ2) is 6.45. The van der Waals surface area contributed by atoms with Gasteiger partial charge < -0.3 is 14.2 Å². The Morgan fingerprint density at radius 2 is 2.28 bits per heavy atom. The maximum atomic E-state index is 5.84. The van der Waals surface area contributed by atoms with E-state index < -0.39 is 0 Å². The van der Waals surface area contributed by atoms with Crippen LogP contribution in [-0.2, 0) is 11.2 Å². The SMILES string of the molecule is C=CCc1ccc(O[C@@H]2CCCCO2)c(OC)c1. The van der Waals surface area contributed by atoms with Crippen molar-refractivity contribution in [1.29, 1.82) is 0 Å². The van der Waals surface area contributed by atoms with Gasteiger partial charge in [0, 0.05) is 6.42 Å². The highest BCUT2D eigenvalue weighted by molar-refractivity contribution is 5.43. The minimum absolute atomic E-state index is 0.141. The molecular formula is C15H20O3. The van der Waals surface area contributed by atoms with E-state index in [1.54, 1.807) is 7.11 Å². The fraction of sp³-hybridized carbons (Fsp3) is 0.467. The van der Waals surface area contributed by atoms with E-state index in [0.29, 0.717) is 0 Å². The Morgan fingerprint density at radius 1 is 1.39 bits per heavy atom. The summed E-state index contributed by atoms with van der Waals surface area (Å²) in [6.45, 7) is 4.51. The summed E-state index contributed by atoms with van der Waals surface area (Å²) in [5, 5.41) is 0. The zero-order chi connectivity index (χ0) is 12.8. The molecule has 0 aliphatic carbocycles. The fourth-order valence-corrected chi connectivity index (χ4v) is 2.05. The van der Waals surface area contributed by atoms with Crippen molar-refractivity contribution in [1.82, 2.24) is 0 Å². The van der Waals surface area contributed by atoms with E-state index in [4.69, 9.17) is 14.2 Å². The smallest absolute Gasteiger partial charge is 0.200 e. The van der Waals surface area contributed by atoms with E-state index in [0.717, 1.165) is 43.8 Å². The number of rotatable bonds is 5. The van der Waals surface area contributed by atoms with Crippen LogP contribution in [0.2, 0.25) is 0 Å². The first-order chi connectivity index (χ1) is 8.83. The highest BCUT2D eigenvalue weighted by Gasteiger charge is 2.17. The maximum absolute atomic E-state index is 5.84. The number of hydrogen-bond acceptors (Lipinski definition) is 3. The lowest BCUT2D eigenvalue weighted by molar-refractivity contribution is -0.106. The van der Waals surface area contributed by atoms with Crippen molar-refractivity contribution in [3.05, 3.63) is 36.4 Å². The molecule has 3 nitrogen and oxygen atoms in total. The first-order valence-electron chi connectivity index (χ1n) is 6.39. The lowest BCUT2D eigenvalue weighted by Gasteiger charge is -2.24. The molecule has 1 saturated heterocycles. The van der Waals surface area contributed by atoms with Gasteiger partial charge in [-0.2, -0.15) is 0 Å². The van der Waals surface area contributed by atoms with Crippen LogP contribution >= 0.6 is 0 Å². The molecule has 1 aromatic carbocycles. The Balaban J connectivity index is 2.08. The van der Waals surface area contributed by atoms with E-state index >= 15 is 0 Å². The zero-order valence-electron chi connectivity index (χ0n) is 10.9. The van der Waals surface area contributed by atoms with Gasteiger partial charge in [0.25, 0.3) is 0 Å². The van der Waals surface area contributed by atoms with Crippen molar-refractivity contribution >= 4 is 0 Å². The third-order valence-corrected chi connectivity index (χ3v) is 3.00. The van der Waals surface area contributed by atoms with Gasteiger partial charge in [-0.05, 0) is 37.0 Å². The molecule has 1 fully saturated rings. The van der Waals surface area contributed by atoms with Crippen LogP contribution in [0, 0.1) is 0 Å². The second-order valence-electron chi connectivity index (χ2n) is 4.39. The van der Waals surface area contributed by atoms with E-state index in [9.17, 15) is 0 Å². The van der Waals surface area contributed by atoms with Gasteiger partial charge in [-0.3, -0.25) is 0 Å². The topological polar surface area (TPSA) is 27.7 Å². The van der Waals surface area contributed by atoms with Crippen LogP contribution in [0.15, 0.2) is 30.9 Å². The van der Waals surface area contributed by atoms with Crippen molar-refractivity contribution in [2.75, 3.05) is 13.7 Å². The number of ether oxygens (including phenoxy) is 3. The molecule has 0 amide bonds. The lowest BCUT2D eigenvalue weighted by Crippen LogP contribution is -2.25. The van der Waals surface area contributed by atoms with E-state index in [1.807, 2.05) is 24.3 Å². The number of hydrogen-bond donors (Lipinski definition) is 0. The van der Waals surface area contributed by atoms with Crippen LogP contribution in [-0.4, -0.2) is 20.0 Å². The number of benzene rings is 1. The van der Waals surface area contributed by atoms with Gasteiger partial charge in [-0.25, -0.2) is 0 Å². The summed E-state index contributed by atoms with van der Waals surface area (Å²) in [4.78, 5) is 0. The van der Waals surface area contributed by atoms with Gasteiger partial charge in [0.2, 0.25) is 0 Å². The summed E-state index contributed by atoms with van der Waals surface area (Å²) in [6, 6.07) is 5.96. The molecule has 0 bridgehead atoms. The summed E-state index contributed by atoms with van der Waals surface area (Å²) in [5.41, 5.74) is 1.17. The Kier molecular flexibility index (Phi) is 4.65. The van der Waals surface area contributed by atoms with Crippen LogP contribution < -0.4 is 9.47 Å². The van der Waals surface area contributed by atoms with Crippen molar-refractivity contribution in [3.8, 4) is 11.5 Å². The fourth-order valence-electron chi connectivity index (χ4n) is 2.05. The van der Waals surface area contributed by atoms with Crippen molar-refractivity contribution in [3.63, 3.8) is 0 Å². The Bertz CT molecular complexity index is 395. The molecule has 3 heteroatoms. The minimum atomic E-state index is -0.141. The van der Waals surface area contributed by atoms with Crippen LogP contribution in [0.1, 0.15) is 24.8 Å². The summed E-state index contributed by atoms with van der Waals surface area (Å²) >= 11 is 0. The first kappa shape index (κ1) is 13.0. The molecule has 0 aromatic heterocycles. The van der Waals surface area contributed by atoms with Crippen molar-refractivity contribution in [2.45, 2.75) is 32.0 Å². The molecule has 1 aliphatic heterocycles. The first-order valence-corrected chi connectivity index (χ1v) is 6.39. The van der Waals surface area contributed by atoms with Crippen LogP contribution in [0.5, 0.6) is 11.5 Å². The number of allylic oxidation sites excluding steroid dienone is 1. The molecule has 0 saturated carbocycles. The van der Waals surface area contributed by atoms with Crippen LogP contribution in [0.4, 0.5) is 0 Å². The van der Waals surface area contributed by atoms with E-state index in [-0.39, 0.29) is 6.29 Å². The Morgan fingerprint density at radius 3 is 2.94 bits per heavy atom. The van der Waals surface area contributed by atoms with Gasteiger partial charge in [-0.1, -0.05) is 12.1 Å². The Labute approximate surface area is 108 Å². The summed E-state index contributed by atoms with van der Waals surface area (Å²) in [7, 11) is 1.65. The predicted molar refractivity (Wildman–Crippen MR) is 71.1 cm³/mol. The normalized spacial score (nSPS) is 19.3. The molecule has 2 rings (SSSR count). The molecule has 1 aliphatic rings. The zero-order valence-corrected chi connectivity index (χ0v) is 10.9. The summed E-state index contributed by atoms with van der Waals surface area (Å²) in [5.74, 6) is 1.50. The maximum Gasteiger partial charge on any atom is 0.200 e. The summed E-state index contributed by atoms with van der Waals surface area (Å²) < 4.78 is 16.8. The van der Waals surface area contributed by atoms with Gasteiger partial charge >= 0.3 is 0 Å². The average Bonchev–Trinajstić information content (AvgIpc) is 2.42. The lowest BCUT2D eigenvalue weighted by atomic mass is 10.1. The molecule has 0 spiro atoms. The van der Waals surface area contributed by atoms with Crippen LogP contribution in [0.3, 0.4) is 0 Å². The largest absolute Gasteiger partial charge is 0.493 e. The van der Waals surface area contributed by atoms with Gasteiger partial charge in [-0.15, -0.1) is 6.58 Å². The Hall–Kier alpha value is -1.48. The van der Waals surface area contributed by atoms with E-state index in [1.165, 1.54) is 5.56 Å². The molecule has 0 radical (unpaired) electrons. The second-order valence-corrected chi connectivity index (χ2v) is 4.39. The predicted octanol–water partition coefficient (Wildman–Crippen LogP) is 3.33. The minimum Gasteiger partial charge on any atom is -0.493 e. The van der Waals surface area contributed by atoms with E-state index in [2.05, 4.69) is 6.58 Å². The highest BCUT2D eigenvalue weighted by atomic mass is 16.7. The molecule has 0 unspecified atom stereocenters. The summed E-state index contributed by atoms with van der Waals surface area (Å²) in [6.07, 6.45) is 5.78. The highest BCUT2D eigenvalue weighted by Crippen LogP contribution is 2.30. The van der Waals surface area contributed by atoms with Gasteiger partial charge in [0.05, 0.1) is 13.7 Å². The average molecular weight is 248 g/mol. The quantitative estimate of drug-likeness (QED) is 0.748. The van der Waals surface area contributed by atoms with Gasteiger partial charge in [0.1, 0.15) is 0 Å². The monoisotopic (exact) mass is 248 g/mol. The number of methoxy groups -OCH3 is 1. The molecule has 98 valence electrons. The van der Waals surface area contributed by atoms with Crippen LogP contribution in [0.25, 0.3) is 0 Å². The molecular weight excluding hydrogens is 228 g/mol. The molecule has 1 aromatic rings. The standard InChI is InChI=1S/C15H20O3/c1-3-6-12-8-9-13(14(11-12)16-2)18-15-7-4-5-10-17-15/h3,8-9,11,15H,1,4-7,10H2,2H3/t15-/m1/s1. The van der Waals surface area contributed by atoms with Crippen molar-refractivity contribution in [2.24, 2.45) is 0 Å². The third-order valence-electron chi connectivity index (χ3n) is 3.00. The molecule has 1 heterocycles. The van der Waals surface area contributed by atoms with Gasteiger partial charge in [0.15, 0.2) is 17.8 Å². The molecule has 18 heavy (non-hydrogen) atoms. The molecule has 1 atom stereocenters. The van der Waals surface area contributed by atoms with Crippen molar-refractivity contribution < 1.29 is 14.2 Å².